The number of amides is 1. The van der Waals surface area contributed by atoms with Crippen LogP contribution in [0.15, 0.2) is 36.5 Å². The standard InChI is InChI=1S/C25H26F3N9O2S/c1-14(25(26,27)28)8-37-13-31-34-22(37)24-33-21(11-40-24)32-23(39)17-6-19(36-10-18(30-12-36)15-2-3-15)20(7-29-17)35-5-4-16(38)9-35/h6-7,10-16,38H,2-5,8-9H2,1H3,(H,32,39)/t14-,16?/m1/s1. The number of halogens is 3. The highest BCUT2D eigenvalue weighted by Crippen LogP contribution is 2.39. The molecule has 1 amide bonds. The van der Waals surface area contributed by atoms with Crippen LogP contribution in [-0.2, 0) is 6.54 Å². The molecule has 4 aromatic heterocycles. The van der Waals surface area contributed by atoms with E-state index in [1.807, 2.05) is 15.7 Å². The summed E-state index contributed by atoms with van der Waals surface area (Å²) in [6, 6.07) is 1.68. The summed E-state index contributed by atoms with van der Waals surface area (Å²) in [5.74, 6) is -1.22. The summed E-state index contributed by atoms with van der Waals surface area (Å²) < 4.78 is 42.3. The second-order valence-corrected chi connectivity index (χ2v) is 11.0. The van der Waals surface area contributed by atoms with Gasteiger partial charge in [0.1, 0.15) is 17.8 Å². The molecule has 11 nitrogen and oxygen atoms in total. The fraction of sp³-hybridized carbons (Fsp3) is 0.440. The van der Waals surface area contributed by atoms with E-state index in [9.17, 15) is 23.1 Å². The maximum Gasteiger partial charge on any atom is 0.393 e. The Hall–Kier alpha value is -3.85. The number of hydrogen-bond donors (Lipinski definition) is 2. The van der Waals surface area contributed by atoms with Crippen LogP contribution in [-0.4, -0.2) is 70.7 Å². The second kappa shape index (κ2) is 10.3. The fourth-order valence-electron chi connectivity index (χ4n) is 4.60. The smallest absolute Gasteiger partial charge is 0.391 e. The van der Waals surface area contributed by atoms with E-state index in [1.165, 1.54) is 10.9 Å². The van der Waals surface area contributed by atoms with Crippen LogP contribution in [0.3, 0.4) is 0 Å². The zero-order valence-corrected chi connectivity index (χ0v) is 22.2. The maximum atomic E-state index is 13.2. The Morgan fingerprint density at radius 1 is 1.23 bits per heavy atom. The van der Waals surface area contributed by atoms with Crippen LogP contribution in [0.25, 0.3) is 16.5 Å². The molecule has 1 saturated carbocycles. The molecule has 15 heteroatoms. The number of nitrogens with zero attached hydrogens (tertiary/aromatic N) is 8. The van der Waals surface area contributed by atoms with E-state index >= 15 is 0 Å². The van der Waals surface area contributed by atoms with Gasteiger partial charge >= 0.3 is 6.18 Å². The van der Waals surface area contributed by atoms with E-state index in [-0.39, 0.29) is 23.9 Å². The predicted octanol–water partition coefficient (Wildman–Crippen LogP) is 3.88. The number of thiazole rings is 1. The molecule has 0 aromatic carbocycles. The summed E-state index contributed by atoms with van der Waals surface area (Å²) in [6.07, 6.45) is 4.63. The minimum atomic E-state index is -4.35. The maximum absolute atomic E-state index is 13.2. The molecule has 2 N–H and O–H groups in total. The Bertz CT molecular complexity index is 1530. The normalized spacial score (nSPS) is 18.3. The molecule has 5 heterocycles. The van der Waals surface area contributed by atoms with Gasteiger partial charge in [-0.2, -0.15) is 13.2 Å². The number of pyridine rings is 1. The topological polar surface area (TPSA) is 127 Å². The number of hydrogen-bond acceptors (Lipinski definition) is 9. The first-order valence-corrected chi connectivity index (χ1v) is 13.7. The number of aromatic nitrogens is 7. The molecule has 1 saturated heterocycles. The Labute approximate surface area is 230 Å². The van der Waals surface area contributed by atoms with Crippen LogP contribution in [0, 0.1) is 5.92 Å². The van der Waals surface area contributed by atoms with E-state index in [4.69, 9.17) is 0 Å². The van der Waals surface area contributed by atoms with E-state index in [0.29, 0.717) is 30.4 Å². The summed E-state index contributed by atoms with van der Waals surface area (Å²) >= 11 is 1.13. The number of alkyl halides is 3. The van der Waals surface area contributed by atoms with Crippen LogP contribution in [0.1, 0.15) is 48.3 Å². The third kappa shape index (κ3) is 5.43. The van der Waals surface area contributed by atoms with E-state index < -0.39 is 24.1 Å². The van der Waals surface area contributed by atoms with Gasteiger partial charge in [-0.25, -0.2) is 15.0 Å². The van der Waals surface area contributed by atoms with Crippen LogP contribution in [0.2, 0.25) is 0 Å². The van der Waals surface area contributed by atoms with Gasteiger partial charge in [-0.05, 0) is 25.3 Å². The summed E-state index contributed by atoms with van der Waals surface area (Å²) in [5.41, 5.74) is 2.66. The van der Waals surface area contributed by atoms with Crippen molar-refractivity contribution in [2.45, 2.75) is 50.9 Å². The Morgan fingerprint density at radius 3 is 2.77 bits per heavy atom. The molecule has 4 aromatic rings. The molecular weight excluding hydrogens is 547 g/mol. The molecule has 40 heavy (non-hydrogen) atoms. The van der Waals surface area contributed by atoms with Crippen molar-refractivity contribution in [2.75, 3.05) is 23.3 Å². The van der Waals surface area contributed by atoms with E-state index in [1.54, 1.807) is 24.0 Å². The average Bonchev–Trinajstić information content (AvgIpc) is 3.33. The highest BCUT2D eigenvalue weighted by atomic mass is 32.1. The zero-order chi connectivity index (χ0) is 28.0. The van der Waals surface area contributed by atoms with Gasteiger partial charge in [0.2, 0.25) is 0 Å². The summed E-state index contributed by atoms with van der Waals surface area (Å²) in [6.45, 7) is 1.88. The van der Waals surface area contributed by atoms with Gasteiger partial charge in [0, 0.05) is 37.1 Å². The van der Waals surface area contributed by atoms with Gasteiger partial charge in [0.25, 0.3) is 5.91 Å². The van der Waals surface area contributed by atoms with Crippen LogP contribution in [0.5, 0.6) is 0 Å². The lowest BCUT2D eigenvalue weighted by Crippen LogP contribution is -2.24. The van der Waals surface area contributed by atoms with Crippen LogP contribution in [0.4, 0.5) is 24.7 Å². The second-order valence-electron chi connectivity index (χ2n) is 10.2. The van der Waals surface area contributed by atoms with Crippen molar-refractivity contribution < 1.29 is 23.1 Å². The first-order chi connectivity index (χ1) is 19.2. The Balaban J connectivity index is 1.23. The van der Waals surface area contributed by atoms with Crippen molar-refractivity contribution in [1.82, 2.24) is 34.3 Å². The van der Waals surface area contributed by atoms with Crippen molar-refractivity contribution >= 4 is 28.7 Å². The van der Waals surface area contributed by atoms with E-state index in [0.717, 1.165) is 48.2 Å². The van der Waals surface area contributed by atoms with E-state index in [2.05, 4.69) is 30.5 Å². The van der Waals surface area contributed by atoms with Gasteiger partial charge in [-0.3, -0.25) is 4.79 Å². The van der Waals surface area contributed by atoms with Gasteiger partial charge in [0.05, 0.1) is 41.6 Å². The van der Waals surface area contributed by atoms with Crippen LogP contribution >= 0.6 is 11.3 Å². The lowest BCUT2D eigenvalue weighted by molar-refractivity contribution is -0.172. The summed E-state index contributed by atoms with van der Waals surface area (Å²) in [4.78, 5) is 28.5. The monoisotopic (exact) mass is 573 g/mol. The molecule has 1 aliphatic carbocycles. The molecule has 1 aliphatic heterocycles. The number of nitrogens with one attached hydrogen (secondary N) is 1. The third-order valence-corrected chi connectivity index (χ3v) is 7.90. The van der Waals surface area contributed by atoms with Crippen molar-refractivity contribution in [3.8, 4) is 16.5 Å². The van der Waals surface area contributed by atoms with Crippen molar-refractivity contribution in [3.05, 3.63) is 47.9 Å². The molecule has 2 fully saturated rings. The molecule has 0 radical (unpaired) electrons. The molecule has 0 bridgehead atoms. The number of carbonyl (C=O) groups excluding carboxylic acids is 1. The van der Waals surface area contributed by atoms with Gasteiger partial charge in [-0.1, -0.05) is 6.92 Å². The van der Waals surface area contributed by atoms with Gasteiger partial charge < -0.3 is 24.5 Å². The lowest BCUT2D eigenvalue weighted by atomic mass is 10.2. The molecule has 0 spiro atoms. The zero-order valence-electron chi connectivity index (χ0n) is 21.4. The number of carbonyl (C=O) groups is 1. The van der Waals surface area contributed by atoms with Crippen molar-refractivity contribution in [3.63, 3.8) is 0 Å². The molecule has 2 aliphatic rings. The van der Waals surface area contributed by atoms with Crippen molar-refractivity contribution in [2.24, 2.45) is 5.92 Å². The first kappa shape index (κ1) is 26.4. The number of anilines is 2. The predicted molar refractivity (Wildman–Crippen MR) is 140 cm³/mol. The number of rotatable bonds is 8. The highest BCUT2D eigenvalue weighted by Gasteiger charge is 2.36. The highest BCUT2D eigenvalue weighted by molar-refractivity contribution is 7.13. The Kier molecular flexibility index (Phi) is 6.78. The Morgan fingerprint density at radius 2 is 2.05 bits per heavy atom. The molecule has 6 rings (SSSR count). The summed E-state index contributed by atoms with van der Waals surface area (Å²) in [5, 5.41) is 22.4. The van der Waals surface area contributed by atoms with Crippen molar-refractivity contribution in [1.29, 1.82) is 0 Å². The SMILES string of the molecule is C[C@H](Cn1cnnc1-c1nc(NC(=O)c2cc(-n3cnc(C4CC4)c3)c(N3CCC(O)C3)cn2)cs1)C(F)(F)F. The largest absolute Gasteiger partial charge is 0.393 e. The number of β-amino-alcohol motifs (C(OH)–C–C–N with tert-alkyl or cyclic N) is 1. The molecule has 2 atom stereocenters. The molecular formula is C25H26F3N9O2S. The van der Waals surface area contributed by atoms with Gasteiger partial charge in [-0.15, -0.1) is 21.5 Å². The van der Waals surface area contributed by atoms with Gasteiger partial charge in [0.15, 0.2) is 10.8 Å². The number of imidazole rings is 1. The minimum Gasteiger partial charge on any atom is -0.391 e. The quantitative estimate of drug-likeness (QED) is 0.325. The molecule has 210 valence electrons. The molecule has 1 unspecified atom stereocenters. The average molecular weight is 574 g/mol. The first-order valence-electron chi connectivity index (χ1n) is 12.8. The lowest BCUT2D eigenvalue weighted by Gasteiger charge is -2.21. The fourth-order valence-corrected chi connectivity index (χ4v) is 5.35. The number of aliphatic hydroxyl groups is 1. The number of aliphatic hydroxyl groups excluding tert-OH is 1. The van der Waals surface area contributed by atoms with Crippen LogP contribution < -0.4 is 10.2 Å². The minimum absolute atomic E-state index is 0.150. The summed E-state index contributed by atoms with van der Waals surface area (Å²) in [7, 11) is 0. The third-order valence-electron chi connectivity index (χ3n) is 7.06.